The Morgan fingerprint density at radius 1 is 1.00 bits per heavy atom. The zero-order chi connectivity index (χ0) is 25.8. The number of ketones is 1. The molecular formula is C29H31NO6. The molecule has 0 unspecified atom stereocenters. The number of hydrogen-bond donors (Lipinski definition) is 1. The van der Waals surface area contributed by atoms with Gasteiger partial charge in [-0.2, -0.15) is 0 Å². The third-order valence-electron chi connectivity index (χ3n) is 6.73. The van der Waals surface area contributed by atoms with Crippen LogP contribution in [-0.4, -0.2) is 38.5 Å². The van der Waals surface area contributed by atoms with E-state index in [1.54, 1.807) is 31.4 Å². The fourth-order valence-electron chi connectivity index (χ4n) is 5.07. The van der Waals surface area contributed by atoms with Crippen molar-refractivity contribution < 1.29 is 28.6 Å². The van der Waals surface area contributed by atoms with Crippen LogP contribution in [-0.2, 0) is 19.1 Å². The van der Waals surface area contributed by atoms with E-state index in [1.165, 1.54) is 7.11 Å². The van der Waals surface area contributed by atoms with E-state index in [2.05, 4.69) is 5.32 Å². The van der Waals surface area contributed by atoms with Gasteiger partial charge in [0.2, 0.25) is 0 Å². The summed E-state index contributed by atoms with van der Waals surface area (Å²) in [5.41, 5.74) is 4.56. The minimum atomic E-state index is -0.594. The van der Waals surface area contributed by atoms with Gasteiger partial charge in [-0.05, 0) is 49.1 Å². The van der Waals surface area contributed by atoms with Gasteiger partial charge in [-0.25, -0.2) is 9.59 Å². The smallest absolute Gasteiger partial charge is 0.337 e. The Kier molecular flexibility index (Phi) is 7.58. The van der Waals surface area contributed by atoms with E-state index in [0.29, 0.717) is 48.3 Å². The molecule has 1 aliphatic carbocycles. The summed E-state index contributed by atoms with van der Waals surface area (Å²) in [6.07, 6.45) is 1.60. The molecular weight excluding hydrogens is 458 g/mol. The van der Waals surface area contributed by atoms with Crippen LogP contribution in [0.15, 0.2) is 71.1 Å². The Balaban J connectivity index is 1.78. The molecule has 2 aliphatic rings. The number of esters is 2. The molecule has 0 spiro atoms. The number of carbonyl (C=O) groups excluding carboxylic acids is 3. The van der Waals surface area contributed by atoms with Gasteiger partial charge in [-0.3, -0.25) is 4.79 Å². The number of benzene rings is 2. The maximum atomic E-state index is 13.7. The van der Waals surface area contributed by atoms with Crippen LogP contribution in [0.5, 0.6) is 5.75 Å². The Morgan fingerprint density at radius 3 is 2.39 bits per heavy atom. The maximum Gasteiger partial charge on any atom is 0.337 e. The number of allylic oxidation sites excluding steroid dienone is 3. The predicted molar refractivity (Wildman–Crippen MR) is 135 cm³/mol. The highest BCUT2D eigenvalue weighted by Crippen LogP contribution is 2.46. The predicted octanol–water partition coefficient (Wildman–Crippen LogP) is 4.80. The summed E-state index contributed by atoms with van der Waals surface area (Å²) in [5.74, 6) is -0.826. The number of methoxy groups -OCH3 is 2. The normalized spacial score (nSPS) is 19.4. The lowest BCUT2D eigenvalue weighted by Gasteiger charge is -2.37. The monoisotopic (exact) mass is 489 g/mol. The molecule has 1 aliphatic heterocycles. The number of dihydropyridines is 1. The molecule has 7 heteroatoms. The molecule has 4 rings (SSSR count). The topological polar surface area (TPSA) is 90.9 Å². The standard InChI is InChI=1S/C29H31NO6/c1-5-14-36-29(33)25-17(2)30-22-15-20(21-8-6-7-9-24(21)34-3)16-23(31)27(22)26(25)18-10-12-19(13-11-18)28(32)35-4/h6-13,20,26,30H,5,14-16H2,1-4H3/t20-,26-/m1/s1. The van der Waals surface area contributed by atoms with Gasteiger partial charge in [0.25, 0.3) is 0 Å². The molecule has 0 aromatic heterocycles. The van der Waals surface area contributed by atoms with Crippen LogP contribution in [0.1, 0.15) is 66.4 Å². The summed E-state index contributed by atoms with van der Waals surface area (Å²) in [4.78, 5) is 38.9. The van der Waals surface area contributed by atoms with Crippen molar-refractivity contribution in [3.8, 4) is 5.75 Å². The van der Waals surface area contributed by atoms with Gasteiger partial charge in [0.1, 0.15) is 5.75 Å². The number of rotatable bonds is 7. The van der Waals surface area contributed by atoms with Crippen LogP contribution in [0.3, 0.4) is 0 Å². The van der Waals surface area contributed by atoms with Crippen molar-refractivity contribution in [2.75, 3.05) is 20.8 Å². The van der Waals surface area contributed by atoms with Gasteiger partial charge in [-0.15, -0.1) is 0 Å². The van der Waals surface area contributed by atoms with E-state index in [4.69, 9.17) is 14.2 Å². The molecule has 0 amide bonds. The molecule has 0 radical (unpaired) electrons. The summed E-state index contributed by atoms with van der Waals surface area (Å²) >= 11 is 0. The first-order valence-electron chi connectivity index (χ1n) is 12.1. The molecule has 0 saturated heterocycles. The lowest BCUT2D eigenvalue weighted by Crippen LogP contribution is -2.36. The lowest BCUT2D eigenvalue weighted by atomic mass is 9.71. The highest BCUT2D eigenvalue weighted by atomic mass is 16.5. The fourth-order valence-corrected chi connectivity index (χ4v) is 5.07. The average Bonchev–Trinajstić information content (AvgIpc) is 2.90. The second-order valence-corrected chi connectivity index (χ2v) is 9.01. The summed E-state index contributed by atoms with van der Waals surface area (Å²) in [7, 11) is 2.95. The summed E-state index contributed by atoms with van der Waals surface area (Å²) in [6, 6.07) is 14.6. The SMILES string of the molecule is CCCOC(=O)C1=C(C)NC2=C(C(=O)C[C@H](c3ccccc3OC)C2)[C@@H]1c1ccc(C(=O)OC)cc1. The van der Waals surface area contributed by atoms with Gasteiger partial charge < -0.3 is 19.5 Å². The molecule has 0 bridgehead atoms. The van der Waals surface area contributed by atoms with Crippen molar-refractivity contribution in [3.05, 3.63) is 87.8 Å². The molecule has 1 N–H and O–H groups in total. The van der Waals surface area contributed by atoms with E-state index < -0.39 is 17.9 Å². The fraction of sp³-hybridized carbons (Fsp3) is 0.345. The van der Waals surface area contributed by atoms with E-state index in [0.717, 1.165) is 22.6 Å². The first-order chi connectivity index (χ1) is 17.4. The van der Waals surface area contributed by atoms with Crippen molar-refractivity contribution in [1.82, 2.24) is 5.32 Å². The van der Waals surface area contributed by atoms with E-state index in [-0.39, 0.29) is 11.7 Å². The first-order valence-corrected chi connectivity index (χ1v) is 12.1. The number of nitrogens with one attached hydrogen (secondary N) is 1. The Bertz CT molecular complexity index is 1240. The molecule has 0 fully saturated rings. The van der Waals surface area contributed by atoms with Crippen molar-refractivity contribution in [2.45, 2.75) is 44.9 Å². The number of Topliss-reactive ketones (excluding diaryl/α,β-unsaturated/α-hetero) is 1. The van der Waals surface area contributed by atoms with Crippen LogP contribution < -0.4 is 10.1 Å². The van der Waals surface area contributed by atoms with Crippen molar-refractivity contribution in [2.24, 2.45) is 0 Å². The van der Waals surface area contributed by atoms with Crippen molar-refractivity contribution in [3.63, 3.8) is 0 Å². The van der Waals surface area contributed by atoms with Crippen LogP contribution >= 0.6 is 0 Å². The van der Waals surface area contributed by atoms with Crippen molar-refractivity contribution in [1.29, 1.82) is 0 Å². The summed E-state index contributed by atoms with van der Waals surface area (Å²) in [5, 5.41) is 3.35. The van der Waals surface area contributed by atoms with Crippen LogP contribution in [0.25, 0.3) is 0 Å². The van der Waals surface area contributed by atoms with Gasteiger partial charge in [0.15, 0.2) is 5.78 Å². The number of ether oxygens (including phenoxy) is 3. The quantitative estimate of drug-likeness (QED) is 0.559. The molecule has 2 aromatic carbocycles. The highest BCUT2D eigenvalue weighted by molar-refractivity contribution is 6.04. The van der Waals surface area contributed by atoms with E-state index >= 15 is 0 Å². The Hall–Kier alpha value is -3.87. The number of hydrogen-bond acceptors (Lipinski definition) is 7. The Labute approximate surface area is 211 Å². The lowest BCUT2D eigenvalue weighted by molar-refractivity contribution is -0.139. The number of carbonyl (C=O) groups is 3. The molecule has 188 valence electrons. The molecule has 1 heterocycles. The average molecular weight is 490 g/mol. The zero-order valence-corrected chi connectivity index (χ0v) is 21.1. The number of para-hydroxylation sites is 1. The third-order valence-corrected chi connectivity index (χ3v) is 6.73. The van der Waals surface area contributed by atoms with E-state index in [1.807, 2.05) is 38.1 Å². The molecule has 2 atom stereocenters. The minimum absolute atomic E-state index is 0.0324. The third kappa shape index (κ3) is 4.78. The van der Waals surface area contributed by atoms with Crippen LogP contribution in [0.2, 0.25) is 0 Å². The van der Waals surface area contributed by atoms with Crippen LogP contribution in [0, 0.1) is 0 Å². The highest BCUT2D eigenvalue weighted by Gasteiger charge is 2.41. The first kappa shape index (κ1) is 25.2. The molecule has 0 saturated carbocycles. The zero-order valence-electron chi connectivity index (χ0n) is 21.1. The maximum absolute atomic E-state index is 13.7. The minimum Gasteiger partial charge on any atom is -0.496 e. The summed E-state index contributed by atoms with van der Waals surface area (Å²) < 4.78 is 15.9. The summed E-state index contributed by atoms with van der Waals surface area (Å²) in [6.45, 7) is 4.05. The molecule has 7 nitrogen and oxygen atoms in total. The largest absolute Gasteiger partial charge is 0.496 e. The van der Waals surface area contributed by atoms with Gasteiger partial charge in [0, 0.05) is 35.2 Å². The molecule has 36 heavy (non-hydrogen) atoms. The second kappa shape index (κ2) is 10.8. The van der Waals surface area contributed by atoms with Gasteiger partial charge in [-0.1, -0.05) is 37.3 Å². The Morgan fingerprint density at radius 2 is 1.72 bits per heavy atom. The van der Waals surface area contributed by atoms with Crippen molar-refractivity contribution >= 4 is 17.7 Å². The van der Waals surface area contributed by atoms with Gasteiger partial charge in [0.05, 0.1) is 32.0 Å². The second-order valence-electron chi connectivity index (χ2n) is 9.01. The van der Waals surface area contributed by atoms with Gasteiger partial charge >= 0.3 is 11.9 Å². The van der Waals surface area contributed by atoms with Crippen LogP contribution in [0.4, 0.5) is 0 Å². The molecule has 2 aromatic rings. The van der Waals surface area contributed by atoms with E-state index in [9.17, 15) is 14.4 Å².